The van der Waals surface area contributed by atoms with E-state index in [0.29, 0.717) is 24.3 Å². The molecule has 2 aromatic rings. The largest absolute Gasteiger partial charge is 0.365 e. The minimum absolute atomic E-state index is 0.336. The van der Waals surface area contributed by atoms with Crippen LogP contribution in [0.3, 0.4) is 0 Å². The Morgan fingerprint density at radius 1 is 0.963 bits per heavy atom. The van der Waals surface area contributed by atoms with Gasteiger partial charge in [0.15, 0.2) is 0 Å². The van der Waals surface area contributed by atoms with Gasteiger partial charge in [-0.05, 0) is 31.9 Å². The third-order valence-corrected chi connectivity index (χ3v) is 5.24. The van der Waals surface area contributed by atoms with E-state index in [9.17, 15) is 9.65 Å². The molecule has 0 bridgehead atoms. The second-order valence-electron chi connectivity index (χ2n) is 7.08. The summed E-state index contributed by atoms with van der Waals surface area (Å²) in [5, 5.41) is 9.29. The Labute approximate surface area is 158 Å². The molecule has 1 aromatic carbocycles. The minimum Gasteiger partial charge on any atom is -0.365 e. The second kappa shape index (κ2) is 7.39. The number of benzene rings is 1. The lowest BCUT2D eigenvalue weighted by molar-refractivity contribution is 0.595. The van der Waals surface area contributed by atoms with Gasteiger partial charge in [0.25, 0.3) is 0 Å². The van der Waals surface area contributed by atoms with Crippen LogP contribution >= 0.6 is 0 Å². The highest BCUT2D eigenvalue weighted by atomic mass is 19.1. The van der Waals surface area contributed by atoms with E-state index in [4.69, 9.17) is 4.98 Å². The van der Waals surface area contributed by atoms with Gasteiger partial charge in [-0.2, -0.15) is 10.2 Å². The zero-order valence-corrected chi connectivity index (χ0v) is 15.5. The van der Waals surface area contributed by atoms with E-state index in [0.717, 1.165) is 43.6 Å². The molecule has 0 N–H and O–H groups in total. The molecule has 3 heterocycles. The summed E-state index contributed by atoms with van der Waals surface area (Å²) >= 11 is 0. The van der Waals surface area contributed by atoms with Crippen LogP contribution in [0.2, 0.25) is 0 Å². The molecule has 0 atom stereocenters. The number of hydrogen-bond donors (Lipinski definition) is 0. The van der Waals surface area contributed by atoms with Crippen molar-refractivity contribution >= 4 is 17.5 Å². The molecule has 6 nitrogen and oxygen atoms in total. The van der Waals surface area contributed by atoms with Crippen LogP contribution in [0.25, 0.3) is 0 Å². The first-order valence-corrected chi connectivity index (χ1v) is 9.45. The highest BCUT2D eigenvalue weighted by Crippen LogP contribution is 2.27. The SMILES string of the molecule is Cc1cc(N2CCN(c3c(F)cccc3C#N)CC2)nc(N2CCCC2)n1. The normalized spacial score (nSPS) is 17.3. The summed E-state index contributed by atoms with van der Waals surface area (Å²) in [6.45, 7) is 6.79. The number of aromatic nitrogens is 2. The smallest absolute Gasteiger partial charge is 0.227 e. The molecule has 0 unspecified atom stereocenters. The summed E-state index contributed by atoms with van der Waals surface area (Å²) in [6, 6.07) is 8.78. The lowest BCUT2D eigenvalue weighted by Crippen LogP contribution is -2.47. The molecular formula is C20H23FN6. The van der Waals surface area contributed by atoms with E-state index in [1.165, 1.54) is 18.9 Å². The molecule has 0 saturated carbocycles. The Morgan fingerprint density at radius 2 is 1.67 bits per heavy atom. The maximum Gasteiger partial charge on any atom is 0.227 e. The number of halogens is 1. The maximum atomic E-state index is 14.3. The fraction of sp³-hybridized carbons (Fsp3) is 0.450. The van der Waals surface area contributed by atoms with Gasteiger partial charge in [-0.1, -0.05) is 6.07 Å². The summed E-state index contributed by atoms with van der Waals surface area (Å²) in [6.07, 6.45) is 2.38. The molecule has 4 rings (SSSR count). The van der Waals surface area contributed by atoms with Crippen LogP contribution in [-0.2, 0) is 0 Å². The number of piperazine rings is 1. The summed E-state index contributed by atoms with van der Waals surface area (Å²) in [5.41, 5.74) is 1.76. The number of rotatable bonds is 3. The molecule has 0 spiro atoms. The van der Waals surface area contributed by atoms with Gasteiger partial charge in [-0.15, -0.1) is 0 Å². The van der Waals surface area contributed by atoms with Gasteiger partial charge in [0, 0.05) is 51.0 Å². The number of nitriles is 1. The lowest BCUT2D eigenvalue weighted by atomic mass is 10.1. The molecular weight excluding hydrogens is 343 g/mol. The lowest BCUT2D eigenvalue weighted by Gasteiger charge is -2.37. The van der Waals surface area contributed by atoms with E-state index in [2.05, 4.69) is 20.9 Å². The topological polar surface area (TPSA) is 59.3 Å². The third-order valence-electron chi connectivity index (χ3n) is 5.24. The van der Waals surface area contributed by atoms with Gasteiger partial charge >= 0.3 is 0 Å². The van der Waals surface area contributed by atoms with Crippen LogP contribution in [0.1, 0.15) is 24.1 Å². The van der Waals surface area contributed by atoms with Gasteiger partial charge in [0.2, 0.25) is 5.95 Å². The van der Waals surface area contributed by atoms with E-state index in [-0.39, 0.29) is 5.82 Å². The minimum atomic E-state index is -0.336. The van der Waals surface area contributed by atoms with Crippen LogP contribution in [0.5, 0.6) is 0 Å². The Balaban J connectivity index is 1.51. The Morgan fingerprint density at radius 3 is 2.37 bits per heavy atom. The maximum absolute atomic E-state index is 14.3. The van der Waals surface area contributed by atoms with Crippen LogP contribution in [0, 0.1) is 24.1 Å². The van der Waals surface area contributed by atoms with Crippen molar-refractivity contribution in [2.24, 2.45) is 0 Å². The van der Waals surface area contributed by atoms with Gasteiger partial charge in [-0.3, -0.25) is 0 Å². The molecule has 2 saturated heterocycles. The average molecular weight is 366 g/mol. The van der Waals surface area contributed by atoms with Crippen molar-refractivity contribution in [1.82, 2.24) is 9.97 Å². The van der Waals surface area contributed by atoms with Crippen molar-refractivity contribution < 1.29 is 4.39 Å². The molecule has 2 aliphatic rings. The fourth-order valence-electron chi connectivity index (χ4n) is 3.84. The summed E-state index contributed by atoms with van der Waals surface area (Å²) in [7, 11) is 0. The predicted molar refractivity (Wildman–Crippen MR) is 104 cm³/mol. The van der Waals surface area contributed by atoms with Gasteiger partial charge < -0.3 is 14.7 Å². The van der Waals surface area contributed by atoms with Crippen molar-refractivity contribution in [1.29, 1.82) is 5.26 Å². The zero-order valence-electron chi connectivity index (χ0n) is 15.5. The van der Waals surface area contributed by atoms with Gasteiger partial charge in [0.05, 0.1) is 11.3 Å². The molecule has 140 valence electrons. The van der Waals surface area contributed by atoms with Crippen LogP contribution < -0.4 is 14.7 Å². The molecule has 0 amide bonds. The first-order valence-electron chi connectivity index (χ1n) is 9.45. The van der Waals surface area contributed by atoms with E-state index >= 15 is 0 Å². The average Bonchev–Trinajstić information content (AvgIpc) is 3.22. The van der Waals surface area contributed by atoms with Gasteiger partial charge in [0.1, 0.15) is 17.7 Å². The number of nitrogens with zero attached hydrogens (tertiary/aromatic N) is 6. The quantitative estimate of drug-likeness (QED) is 0.832. The van der Waals surface area contributed by atoms with Crippen molar-refractivity contribution in [3.63, 3.8) is 0 Å². The number of hydrogen-bond acceptors (Lipinski definition) is 6. The molecule has 27 heavy (non-hydrogen) atoms. The molecule has 2 aliphatic heterocycles. The van der Waals surface area contributed by atoms with Crippen LogP contribution in [0.15, 0.2) is 24.3 Å². The highest BCUT2D eigenvalue weighted by molar-refractivity contribution is 5.61. The molecule has 1 aromatic heterocycles. The Bertz CT molecular complexity index is 863. The van der Waals surface area contributed by atoms with Crippen molar-refractivity contribution in [2.75, 3.05) is 54.0 Å². The fourth-order valence-corrected chi connectivity index (χ4v) is 3.84. The number of aryl methyl sites for hydroxylation is 1. The summed E-state index contributed by atoms with van der Waals surface area (Å²) in [4.78, 5) is 15.8. The van der Waals surface area contributed by atoms with Crippen molar-refractivity contribution in [3.8, 4) is 6.07 Å². The summed E-state index contributed by atoms with van der Waals surface area (Å²) in [5.74, 6) is 1.40. The standard InChI is InChI=1S/C20H23FN6/c1-15-13-18(24-20(23-15)27-7-2-3-8-27)25-9-11-26(12-10-25)19-16(14-22)5-4-6-17(19)21/h4-6,13H,2-3,7-12H2,1H3. The summed E-state index contributed by atoms with van der Waals surface area (Å²) < 4.78 is 14.3. The van der Waals surface area contributed by atoms with Gasteiger partial charge in [-0.25, -0.2) is 9.37 Å². The third kappa shape index (κ3) is 3.52. The predicted octanol–water partition coefficient (Wildman–Crippen LogP) is 2.72. The van der Waals surface area contributed by atoms with E-state index in [1.54, 1.807) is 12.1 Å². The highest BCUT2D eigenvalue weighted by Gasteiger charge is 2.24. The van der Waals surface area contributed by atoms with Crippen molar-refractivity contribution in [3.05, 3.63) is 41.3 Å². The first-order chi connectivity index (χ1) is 13.2. The Kier molecular flexibility index (Phi) is 4.80. The van der Waals surface area contributed by atoms with Crippen LogP contribution in [0.4, 0.5) is 21.8 Å². The van der Waals surface area contributed by atoms with E-state index in [1.807, 2.05) is 17.9 Å². The Hall–Kier alpha value is -2.88. The number of anilines is 3. The molecule has 7 heteroatoms. The zero-order chi connectivity index (χ0) is 18.8. The van der Waals surface area contributed by atoms with E-state index < -0.39 is 0 Å². The molecule has 0 aliphatic carbocycles. The first kappa shape index (κ1) is 17.5. The monoisotopic (exact) mass is 366 g/mol. The van der Waals surface area contributed by atoms with Crippen LogP contribution in [-0.4, -0.2) is 49.2 Å². The molecule has 0 radical (unpaired) electrons. The van der Waals surface area contributed by atoms with Crippen molar-refractivity contribution in [2.45, 2.75) is 19.8 Å². The second-order valence-corrected chi connectivity index (χ2v) is 7.08. The number of para-hydroxylation sites is 1. The molecule has 2 fully saturated rings.